The molecule has 5 heteroatoms. The largest absolute Gasteiger partial charge is 0.368 e. The average molecular weight is 311 g/mol. The van der Waals surface area contributed by atoms with Crippen molar-refractivity contribution in [1.29, 1.82) is 0 Å². The highest BCUT2D eigenvalue weighted by Crippen LogP contribution is 2.32. The van der Waals surface area contributed by atoms with E-state index >= 15 is 0 Å². The number of allylic oxidation sites excluding steroid dienone is 2. The van der Waals surface area contributed by atoms with Crippen LogP contribution in [0.2, 0.25) is 0 Å². The molecule has 4 rings (SSSR count). The minimum atomic E-state index is 0.565. The van der Waals surface area contributed by atoms with Crippen LogP contribution in [-0.2, 0) is 0 Å². The Hall–Kier alpha value is -1.91. The van der Waals surface area contributed by atoms with E-state index < -0.39 is 0 Å². The molecule has 0 radical (unpaired) electrons. The second kappa shape index (κ2) is 6.69. The Kier molecular flexibility index (Phi) is 4.26. The maximum atomic E-state index is 4.59. The molecule has 1 N–H and O–H groups in total. The van der Waals surface area contributed by atoms with E-state index in [-0.39, 0.29) is 0 Å². The van der Waals surface area contributed by atoms with Crippen LogP contribution in [-0.4, -0.2) is 26.1 Å². The molecule has 2 aliphatic rings. The molecule has 2 aliphatic carbocycles. The van der Waals surface area contributed by atoms with Crippen LogP contribution in [0, 0.1) is 5.92 Å². The number of hydrogen-bond donors (Lipinski definition) is 1. The molecule has 2 aromatic rings. The zero-order valence-electron chi connectivity index (χ0n) is 13.6. The summed E-state index contributed by atoms with van der Waals surface area (Å²) in [5.41, 5.74) is 1.89. The van der Waals surface area contributed by atoms with Gasteiger partial charge in [0.1, 0.15) is 11.8 Å². The van der Waals surface area contributed by atoms with Crippen molar-refractivity contribution in [3.8, 4) is 0 Å². The highest BCUT2D eigenvalue weighted by atomic mass is 15.2. The third-order valence-corrected chi connectivity index (χ3v) is 5.24. The van der Waals surface area contributed by atoms with Crippen molar-refractivity contribution in [2.45, 2.75) is 57.4 Å². The highest BCUT2D eigenvalue weighted by molar-refractivity contribution is 5.82. The Morgan fingerprint density at radius 2 is 2.00 bits per heavy atom. The van der Waals surface area contributed by atoms with E-state index in [1.165, 1.54) is 44.9 Å². The van der Waals surface area contributed by atoms with Crippen molar-refractivity contribution >= 4 is 17.0 Å². The van der Waals surface area contributed by atoms with Crippen LogP contribution < -0.4 is 5.32 Å². The zero-order chi connectivity index (χ0) is 15.5. The number of fused-ring (bicyclic) bond motifs is 1. The molecular formula is C18H25N5. The number of anilines is 1. The molecule has 0 amide bonds. The van der Waals surface area contributed by atoms with Gasteiger partial charge in [0, 0.05) is 12.6 Å². The van der Waals surface area contributed by atoms with Crippen molar-refractivity contribution in [1.82, 2.24) is 19.5 Å². The number of aromatic nitrogens is 4. The molecule has 5 nitrogen and oxygen atoms in total. The van der Waals surface area contributed by atoms with E-state index in [2.05, 4.69) is 37.0 Å². The second-order valence-corrected chi connectivity index (χ2v) is 6.82. The molecule has 122 valence electrons. The van der Waals surface area contributed by atoms with Gasteiger partial charge in [-0.05, 0) is 44.4 Å². The molecule has 0 saturated heterocycles. The maximum Gasteiger partial charge on any atom is 0.165 e. The number of imidazole rings is 1. The van der Waals surface area contributed by atoms with Gasteiger partial charge >= 0.3 is 0 Å². The van der Waals surface area contributed by atoms with Crippen molar-refractivity contribution in [3.05, 3.63) is 24.8 Å². The van der Waals surface area contributed by atoms with Gasteiger partial charge in [0.15, 0.2) is 11.5 Å². The molecule has 23 heavy (non-hydrogen) atoms. The molecule has 0 aliphatic heterocycles. The molecule has 2 heterocycles. The predicted octanol–water partition coefficient (Wildman–Crippen LogP) is 4.10. The van der Waals surface area contributed by atoms with Crippen LogP contribution in [0.4, 0.5) is 5.82 Å². The fraction of sp³-hybridized carbons (Fsp3) is 0.611. The van der Waals surface area contributed by atoms with Gasteiger partial charge in [-0.1, -0.05) is 25.0 Å². The number of rotatable bonds is 5. The third-order valence-electron chi connectivity index (χ3n) is 5.24. The summed E-state index contributed by atoms with van der Waals surface area (Å²) in [4.78, 5) is 13.5. The summed E-state index contributed by atoms with van der Waals surface area (Å²) in [5, 5.41) is 3.48. The summed E-state index contributed by atoms with van der Waals surface area (Å²) >= 11 is 0. The standard InChI is InChI=1S/C18H25N5/c1-2-6-14(7-3-1)10-11-19-17-16-18(21-12-20-17)23(13-22-16)15-8-4-5-9-15/h2,6,12-15H,1,3-5,7-11H2,(H,19,20,21). The summed E-state index contributed by atoms with van der Waals surface area (Å²) in [7, 11) is 0. The second-order valence-electron chi connectivity index (χ2n) is 6.82. The zero-order valence-corrected chi connectivity index (χ0v) is 13.6. The lowest BCUT2D eigenvalue weighted by atomic mass is 9.93. The molecule has 1 unspecified atom stereocenters. The maximum absolute atomic E-state index is 4.59. The first-order valence-electron chi connectivity index (χ1n) is 9.00. The van der Waals surface area contributed by atoms with Crippen LogP contribution in [0.1, 0.15) is 57.4 Å². The Labute approximate surface area is 137 Å². The summed E-state index contributed by atoms with van der Waals surface area (Å²) < 4.78 is 2.25. The van der Waals surface area contributed by atoms with Crippen LogP contribution >= 0.6 is 0 Å². The highest BCUT2D eigenvalue weighted by Gasteiger charge is 2.20. The molecule has 1 fully saturated rings. The average Bonchev–Trinajstić information content (AvgIpc) is 3.25. The first kappa shape index (κ1) is 14.7. The van der Waals surface area contributed by atoms with Crippen LogP contribution in [0.15, 0.2) is 24.8 Å². The summed E-state index contributed by atoms with van der Waals surface area (Å²) in [6, 6.07) is 0.565. The smallest absolute Gasteiger partial charge is 0.165 e. The van der Waals surface area contributed by atoms with Crippen molar-refractivity contribution in [2.24, 2.45) is 5.92 Å². The number of nitrogens with one attached hydrogen (secondary N) is 1. The molecule has 1 atom stereocenters. The molecular weight excluding hydrogens is 286 g/mol. The van der Waals surface area contributed by atoms with Gasteiger partial charge in [-0.25, -0.2) is 15.0 Å². The van der Waals surface area contributed by atoms with E-state index in [0.717, 1.165) is 29.9 Å². The van der Waals surface area contributed by atoms with Gasteiger partial charge in [0.25, 0.3) is 0 Å². The minimum Gasteiger partial charge on any atom is -0.368 e. The fourth-order valence-electron chi connectivity index (χ4n) is 3.93. The Morgan fingerprint density at radius 3 is 2.83 bits per heavy atom. The SMILES string of the molecule is C1=CC(CCNc2ncnc3c2ncn3C2CCCC2)CCC1. The molecule has 1 saturated carbocycles. The van der Waals surface area contributed by atoms with E-state index in [4.69, 9.17) is 0 Å². The normalized spacial score (nSPS) is 22.0. The first-order valence-corrected chi connectivity index (χ1v) is 9.00. The van der Waals surface area contributed by atoms with Crippen molar-refractivity contribution in [2.75, 3.05) is 11.9 Å². The minimum absolute atomic E-state index is 0.565. The Morgan fingerprint density at radius 1 is 1.09 bits per heavy atom. The lowest BCUT2D eigenvalue weighted by molar-refractivity contribution is 0.517. The van der Waals surface area contributed by atoms with Crippen LogP contribution in [0.25, 0.3) is 11.2 Å². The van der Waals surface area contributed by atoms with Crippen LogP contribution in [0.3, 0.4) is 0 Å². The molecule has 2 aromatic heterocycles. The number of hydrogen-bond acceptors (Lipinski definition) is 4. The topological polar surface area (TPSA) is 55.6 Å². The summed E-state index contributed by atoms with van der Waals surface area (Å²) in [6.07, 6.45) is 18.5. The third kappa shape index (κ3) is 3.09. The summed E-state index contributed by atoms with van der Waals surface area (Å²) in [5.74, 6) is 1.59. The molecule has 0 bridgehead atoms. The van der Waals surface area contributed by atoms with E-state index in [9.17, 15) is 0 Å². The van der Waals surface area contributed by atoms with Gasteiger partial charge < -0.3 is 9.88 Å². The lowest BCUT2D eigenvalue weighted by Gasteiger charge is -2.16. The monoisotopic (exact) mass is 311 g/mol. The van der Waals surface area contributed by atoms with Crippen molar-refractivity contribution < 1.29 is 0 Å². The number of nitrogens with zero attached hydrogens (tertiary/aromatic N) is 4. The quantitative estimate of drug-likeness (QED) is 0.845. The lowest BCUT2D eigenvalue weighted by Crippen LogP contribution is -2.11. The van der Waals surface area contributed by atoms with E-state index in [0.29, 0.717) is 12.0 Å². The van der Waals surface area contributed by atoms with Gasteiger partial charge in [-0.15, -0.1) is 0 Å². The van der Waals surface area contributed by atoms with Crippen molar-refractivity contribution in [3.63, 3.8) is 0 Å². The Balaban J connectivity index is 1.46. The van der Waals surface area contributed by atoms with Gasteiger partial charge in [0.2, 0.25) is 0 Å². The van der Waals surface area contributed by atoms with Gasteiger partial charge in [0.05, 0.1) is 6.33 Å². The van der Waals surface area contributed by atoms with Gasteiger partial charge in [-0.3, -0.25) is 0 Å². The van der Waals surface area contributed by atoms with Gasteiger partial charge in [-0.2, -0.15) is 0 Å². The van der Waals surface area contributed by atoms with Crippen LogP contribution in [0.5, 0.6) is 0 Å². The predicted molar refractivity (Wildman–Crippen MR) is 92.4 cm³/mol. The summed E-state index contributed by atoms with van der Waals surface area (Å²) in [6.45, 7) is 0.942. The molecule has 0 spiro atoms. The molecule has 0 aromatic carbocycles. The van der Waals surface area contributed by atoms with E-state index in [1.54, 1.807) is 6.33 Å². The first-order chi connectivity index (χ1) is 11.4. The Bertz CT molecular complexity index is 684. The van der Waals surface area contributed by atoms with E-state index in [1.807, 2.05) is 6.33 Å². The fourth-order valence-corrected chi connectivity index (χ4v) is 3.93.